The number of Topliss-reactive ketones (excluding diaryl/α,β-unsaturated/α-hetero) is 1. The predicted molar refractivity (Wildman–Crippen MR) is 77.0 cm³/mol. The highest BCUT2D eigenvalue weighted by atomic mass is 16.5. The molecule has 19 heavy (non-hydrogen) atoms. The van der Waals surface area contributed by atoms with E-state index in [-0.39, 0.29) is 11.7 Å². The molecule has 3 heteroatoms. The van der Waals surface area contributed by atoms with Crippen LogP contribution in [-0.2, 0) is 0 Å². The van der Waals surface area contributed by atoms with Crippen molar-refractivity contribution in [1.82, 2.24) is 5.32 Å². The van der Waals surface area contributed by atoms with Crippen molar-refractivity contribution >= 4 is 5.78 Å². The first-order valence-corrected chi connectivity index (χ1v) is 7.12. The summed E-state index contributed by atoms with van der Waals surface area (Å²) in [5, 5.41) is 3.31. The Bertz CT molecular complexity index is 439. The lowest BCUT2D eigenvalue weighted by Crippen LogP contribution is -2.34. The van der Waals surface area contributed by atoms with Crippen molar-refractivity contribution in [3.63, 3.8) is 0 Å². The van der Waals surface area contributed by atoms with Crippen LogP contribution < -0.4 is 10.1 Å². The molecule has 1 aromatic rings. The lowest BCUT2D eigenvalue weighted by atomic mass is 9.87. The molecule has 1 saturated heterocycles. The van der Waals surface area contributed by atoms with Gasteiger partial charge in [0.2, 0.25) is 0 Å². The highest BCUT2D eigenvalue weighted by molar-refractivity contribution is 6.00. The number of aryl methyl sites for hydroxylation is 2. The van der Waals surface area contributed by atoms with Crippen LogP contribution in [0, 0.1) is 19.8 Å². The highest BCUT2D eigenvalue weighted by Gasteiger charge is 2.24. The molecule has 1 unspecified atom stereocenters. The van der Waals surface area contributed by atoms with E-state index in [0.29, 0.717) is 6.61 Å². The van der Waals surface area contributed by atoms with Crippen molar-refractivity contribution in [1.29, 1.82) is 0 Å². The fraction of sp³-hybridized carbons (Fsp3) is 0.562. The van der Waals surface area contributed by atoms with Gasteiger partial charge in [-0.25, -0.2) is 0 Å². The van der Waals surface area contributed by atoms with Gasteiger partial charge in [0, 0.05) is 18.0 Å². The lowest BCUT2D eigenvalue weighted by Gasteiger charge is -2.23. The smallest absolute Gasteiger partial charge is 0.167 e. The minimum absolute atomic E-state index is 0.129. The van der Waals surface area contributed by atoms with Gasteiger partial charge in [-0.3, -0.25) is 4.79 Å². The van der Waals surface area contributed by atoms with Gasteiger partial charge in [0.05, 0.1) is 6.61 Å². The Kier molecular flexibility index (Phi) is 4.59. The molecular weight excluding hydrogens is 238 g/mol. The number of carbonyl (C=O) groups is 1. The van der Waals surface area contributed by atoms with Crippen molar-refractivity contribution < 1.29 is 9.53 Å². The summed E-state index contributed by atoms with van der Waals surface area (Å²) in [6, 6.07) is 3.94. The number of carbonyl (C=O) groups excluding carboxylic acids is 1. The molecule has 0 spiro atoms. The van der Waals surface area contributed by atoms with E-state index in [1.165, 1.54) is 0 Å². The first-order chi connectivity index (χ1) is 9.13. The Morgan fingerprint density at radius 2 is 2.05 bits per heavy atom. The number of ketones is 1. The molecule has 1 fully saturated rings. The van der Waals surface area contributed by atoms with Gasteiger partial charge in [0.25, 0.3) is 0 Å². The van der Waals surface area contributed by atoms with Crippen molar-refractivity contribution in [3.05, 3.63) is 28.8 Å². The molecule has 1 aliphatic rings. The molecule has 0 radical (unpaired) electrons. The SMILES string of the molecule is CCOc1cc(C)c(C(=O)C2CCCNC2)c(C)c1. The number of benzene rings is 1. The maximum Gasteiger partial charge on any atom is 0.167 e. The second-order valence-corrected chi connectivity index (χ2v) is 5.27. The average Bonchev–Trinajstić information content (AvgIpc) is 2.39. The number of rotatable bonds is 4. The molecule has 1 heterocycles. The van der Waals surface area contributed by atoms with Gasteiger partial charge in [-0.2, -0.15) is 0 Å². The second-order valence-electron chi connectivity index (χ2n) is 5.27. The number of hydrogen-bond donors (Lipinski definition) is 1. The lowest BCUT2D eigenvalue weighted by molar-refractivity contribution is 0.0898. The van der Waals surface area contributed by atoms with Gasteiger partial charge >= 0.3 is 0 Å². The third-order valence-corrected chi connectivity index (χ3v) is 3.73. The third-order valence-electron chi connectivity index (χ3n) is 3.73. The second kappa shape index (κ2) is 6.20. The van der Waals surface area contributed by atoms with E-state index < -0.39 is 0 Å². The Balaban J connectivity index is 2.25. The molecule has 2 rings (SSSR count). The molecular formula is C16H23NO2. The Morgan fingerprint density at radius 3 is 2.58 bits per heavy atom. The summed E-state index contributed by atoms with van der Waals surface area (Å²) >= 11 is 0. The van der Waals surface area contributed by atoms with E-state index in [4.69, 9.17) is 4.74 Å². The van der Waals surface area contributed by atoms with Gasteiger partial charge in [0.15, 0.2) is 5.78 Å². The van der Waals surface area contributed by atoms with Crippen LogP contribution in [0.5, 0.6) is 5.75 Å². The molecule has 0 saturated carbocycles. The first kappa shape index (κ1) is 14.1. The normalized spacial score (nSPS) is 19.2. The minimum atomic E-state index is 0.129. The van der Waals surface area contributed by atoms with Crippen LogP contribution in [0.2, 0.25) is 0 Å². The zero-order valence-corrected chi connectivity index (χ0v) is 12.1. The zero-order valence-electron chi connectivity index (χ0n) is 12.1. The van der Waals surface area contributed by atoms with E-state index in [0.717, 1.165) is 48.4 Å². The van der Waals surface area contributed by atoms with E-state index in [1.807, 2.05) is 32.9 Å². The largest absolute Gasteiger partial charge is 0.494 e. The molecule has 0 aromatic heterocycles. The summed E-state index contributed by atoms with van der Waals surface area (Å²) in [6.07, 6.45) is 2.09. The number of ether oxygens (including phenoxy) is 1. The summed E-state index contributed by atoms with van der Waals surface area (Å²) in [4.78, 5) is 12.6. The molecule has 1 aliphatic heterocycles. The maximum absolute atomic E-state index is 12.6. The molecule has 0 bridgehead atoms. The van der Waals surface area contributed by atoms with E-state index in [9.17, 15) is 4.79 Å². The number of hydrogen-bond acceptors (Lipinski definition) is 3. The fourth-order valence-electron chi connectivity index (χ4n) is 2.84. The Hall–Kier alpha value is -1.35. The topological polar surface area (TPSA) is 38.3 Å². The maximum atomic E-state index is 12.6. The predicted octanol–water partition coefficient (Wildman–Crippen LogP) is 2.88. The summed E-state index contributed by atoms with van der Waals surface area (Å²) in [7, 11) is 0. The van der Waals surface area contributed by atoms with Gasteiger partial charge < -0.3 is 10.1 Å². The van der Waals surface area contributed by atoms with Gasteiger partial charge in [-0.05, 0) is 63.4 Å². The van der Waals surface area contributed by atoms with Crippen LogP contribution in [0.1, 0.15) is 41.3 Å². The van der Waals surface area contributed by atoms with Crippen LogP contribution in [-0.4, -0.2) is 25.5 Å². The van der Waals surface area contributed by atoms with Crippen LogP contribution >= 0.6 is 0 Å². The Labute approximate surface area is 115 Å². The molecule has 0 amide bonds. The molecule has 3 nitrogen and oxygen atoms in total. The third kappa shape index (κ3) is 3.16. The van der Waals surface area contributed by atoms with Gasteiger partial charge in [-0.15, -0.1) is 0 Å². The minimum Gasteiger partial charge on any atom is -0.494 e. The van der Waals surface area contributed by atoms with Crippen molar-refractivity contribution in [2.45, 2.75) is 33.6 Å². The summed E-state index contributed by atoms with van der Waals surface area (Å²) < 4.78 is 5.52. The van der Waals surface area contributed by atoms with Crippen LogP contribution in [0.3, 0.4) is 0 Å². The van der Waals surface area contributed by atoms with Crippen LogP contribution in [0.15, 0.2) is 12.1 Å². The fourth-order valence-corrected chi connectivity index (χ4v) is 2.84. The van der Waals surface area contributed by atoms with Crippen molar-refractivity contribution in [2.24, 2.45) is 5.92 Å². The van der Waals surface area contributed by atoms with E-state index in [2.05, 4.69) is 5.32 Å². The van der Waals surface area contributed by atoms with E-state index in [1.54, 1.807) is 0 Å². The first-order valence-electron chi connectivity index (χ1n) is 7.12. The highest BCUT2D eigenvalue weighted by Crippen LogP contribution is 2.26. The summed E-state index contributed by atoms with van der Waals surface area (Å²) in [5.41, 5.74) is 2.94. The molecule has 1 aromatic carbocycles. The molecule has 104 valence electrons. The standard InChI is InChI=1S/C16H23NO2/c1-4-19-14-8-11(2)15(12(3)9-14)16(18)13-6-5-7-17-10-13/h8-9,13,17H,4-7,10H2,1-3H3. The zero-order chi connectivity index (χ0) is 13.8. The quantitative estimate of drug-likeness (QED) is 0.847. The molecule has 1 N–H and O–H groups in total. The molecule has 1 atom stereocenters. The van der Waals surface area contributed by atoms with Gasteiger partial charge in [0.1, 0.15) is 5.75 Å². The van der Waals surface area contributed by atoms with Gasteiger partial charge in [-0.1, -0.05) is 0 Å². The Morgan fingerprint density at radius 1 is 1.37 bits per heavy atom. The van der Waals surface area contributed by atoms with Crippen LogP contribution in [0.4, 0.5) is 0 Å². The number of piperidine rings is 1. The summed E-state index contributed by atoms with van der Waals surface area (Å²) in [6.45, 7) is 8.46. The van der Waals surface area contributed by atoms with Crippen LogP contribution in [0.25, 0.3) is 0 Å². The monoisotopic (exact) mass is 261 g/mol. The van der Waals surface area contributed by atoms with E-state index >= 15 is 0 Å². The molecule has 0 aliphatic carbocycles. The number of nitrogens with one attached hydrogen (secondary N) is 1. The average molecular weight is 261 g/mol. The van der Waals surface area contributed by atoms with Crippen molar-refractivity contribution in [3.8, 4) is 5.75 Å². The van der Waals surface area contributed by atoms with Crippen molar-refractivity contribution in [2.75, 3.05) is 19.7 Å². The summed E-state index contributed by atoms with van der Waals surface area (Å²) in [5.74, 6) is 1.27.